The first-order valence-electron chi connectivity index (χ1n) is 29.0. The van der Waals surface area contributed by atoms with Crippen molar-refractivity contribution < 1.29 is 0 Å². The highest BCUT2D eigenvalue weighted by Gasteiger charge is 2.47. The van der Waals surface area contributed by atoms with Gasteiger partial charge in [-0.2, -0.15) is 0 Å². The van der Waals surface area contributed by atoms with Crippen molar-refractivity contribution in [3.63, 3.8) is 0 Å². The Hall–Kier alpha value is -11.5. The normalized spacial score (nSPS) is 16.3. The maximum atomic E-state index is 6.04. The van der Waals surface area contributed by atoms with Gasteiger partial charge in [-0.15, -0.1) is 0 Å². The van der Waals surface area contributed by atoms with Crippen LogP contribution in [0.15, 0.2) is 348 Å². The van der Waals surface area contributed by atoms with Crippen LogP contribution in [0.25, 0.3) is 67.8 Å². The zero-order valence-electron chi connectivity index (χ0n) is 46.8. The van der Waals surface area contributed by atoms with Crippen LogP contribution in [-0.2, 0) is 11.6 Å². The number of hydrogen-bond acceptors (Lipinski definition) is 6. The first-order valence-corrected chi connectivity index (χ1v) is 29.0. The third-order valence-electron chi connectivity index (χ3n) is 16.0. The molecular weight excluding hydrogens is 1050 g/mol. The van der Waals surface area contributed by atoms with Crippen LogP contribution >= 0.6 is 0 Å². The van der Waals surface area contributed by atoms with Gasteiger partial charge in [0.1, 0.15) is 11.6 Å². The molecule has 15 rings (SSSR count). The molecule has 8 nitrogen and oxygen atoms in total. The second-order valence-corrected chi connectivity index (χ2v) is 21.3. The first kappa shape index (κ1) is 51.4. The summed E-state index contributed by atoms with van der Waals surface area (Å²) in [6, 6.07) is 113. The number of aliphatic imine (C=N–C) groups is 4. The Kier molecular flexibility index (Phi) is 13.2. The monoisotopic (exact) mass is 1100 g/mol. The summed E-state index contributed by atoms with van der Waals surface area (Å²) in [7, 11) is 0. The second-order valence-electron chi connectivity index (χ2n) is 21.3. The molecule has 13 aromatic rings. The lowest BCUT2D eigenvalue weighted by Crippen LogP contribution is -2.31. The van der Waals surface area contributed by atoms with Crippen LogP contribution < -0.4 is 0 Å². The fourth-order valence-corrected chi connectivity index (χ4v) is 12.0. The van der Waals surface area contributed by atoms with Crippen LogP contribution in [0, 0.1) is 0 Å². The average molecular weight is 1100 g/mol. The molecule has 2 aromatic heterocycles. The molecule has 2 atom stereocenters. The van der Waals surface area contributed by atoms with E-state index in [1.54, 1.807) is 0 Å². The Labute approximate surface area is 499 Å². The smallest absolute Gasteiger partial charge is 0.261 e. The SMILES string of the molecule is c1ccc(C2=NC(c3ccccc3)(n3c(-c4ccccc4)nc(-c4ccccc4)c3-c3ccccc3)N=C2c2ccc(C3=NC(c4ccccc4)(n4c(-c5ccccc5)nc(-c5ccccc5)c4-c4ccccc4)N=C3c3ccccc3)cc2)cc1. The lowest BCUT2D eigenvalue weighted by atomic mass is 9.96. The minimum Gasteiger partial charge on any atom is -0.275 e. The molecule has 406 valence electrons. The zero-order valence-corrected chi connectivity index (χ0v) is 46.8. The largest absolute Gasteiger partial charge is 0.275 e. The third-order valence-corrected chi connectivity index (χ3v) is 16.0. The fraction of sp³-hybridized carbons (Fsp3) is 0.0256. The van der Waals surface area contributed by atoms with Crippen molar-refractivity contribution in [3.8, 4) is 67.8 Å². The van der Waals surface area contributed by atoms with Gasteiger partial charge in [0.25, 0.3) is 11.6 Å². The van der Waals surface area contributed by atoms with E-state index in [9.17, 15) is 0 Å². The Morgan fingerprint density at radius 3 is 0.674 bits per heavy atom. The van der Waals surface area contributed by atoms with E-state index in [1.165, 1.54) is 0 Å². The van der Waals surface area contributed by atoms with Crippen LogP contribution in [0.2, 0.25) is 0 Å². The Bertz CT molecular complexity index is 4360. The summed E-state index contributed by atoms with van der Waals surface area (Å²) in [5, 5.41) is 0. The van der Waals surface area contributed by atoms with Crippen molar-refractivity contribution in [1.29, 1.82) is 0 Å². The van der Waals surface area contributed by atoms with Crippen LogP contribution in [0.5, 0.6) is 0 Å². The van der Waals surface area contributed by atoms with Gasteiger partial charge in [0.05, 0.1) is 45.6 Å². The molecular formula is C78H54N8. The molecule has 0 radical (unpaired) electrons. The average Bonchev–Trinajstić information content (AvgIpc) is 1.97. The standard InChI is InChI=1S/C78H54N8/c1-11-31-55(32-12-1)67-69(83-77(81-67,65-47-27-9-28-48-65)85-73(61-39-19-5-20-40-61)71(57-35-15-3-16-36-57)79-75(85)63-43-23-7-24-44-63)59-51-53-60(54-52-59)70-68(56-33-13-2-14-34-56)82-78(84-70,66-49-29-10-30-50-66)86-74(62-41-21-6-22-42-62)72(58-37-17-4-18-38-58)80-76(86)64-45-25-8-26-46-64/h1-54H. The molecule has 86 heavy (non-hydrogen) atoms. The number of nitrogens with zero attached hydrogens (tertiary/aromatic N) is 8. The van der Waals surface area contributed by atoms with Crippen molar-refractivity contribution in [2.45, 2.75) is 11.6 Å². The molecule has 4 heterocycles. The van der Waals surface area contributed by atoms with Crippen molar-refractivity contribution in [2.75, 3.05) is 0 Å². The van der Waals surface area contributed by atoms with Gasteiger partial charge in [-0.05, 0) is 0 Å². The van der Waals surface area contributed by atoms with E-state index in [4.69, 9.17) is 29.9 Å². The third kappa shape index (κ3) is 9.04. The van der Waals surface area contributed by atoms with Crippen molar-refractivity contribution >= 4 is 22.8 Å². The quantitative estimate of drug-likeness (QED) is 0.109. The van der Waals surface area contributed by atoms with Gasteiger partial charge in [-0.1, -0.05) is 328 Å². The molecule has 0 bridgehead atoms. The van der Waals surface area contributed by atoms with Crippen LogP contribution in [0.3, 0.4) is 0 Å². The van der Waals surface area contributed by atoms with Gasteiger partial charge in [-0.25, -0.2) is 29.9 Å². The molecule has 0 N–H and O–H groups in total. The highest BCUT2D eigenvalue weighted by atomic mass is 15.4. The van der Waals surface area contributed by atoms with Gasteiger partial charge >= 0.3 is 0 Å². The number of imidazole rings is 2. The van der Waals surface area contributed by atoms with E-state index < -0.39 is 11.6 Å². The van der Waals surface area contributed by atoms with E-state index in [0.29, 0.717) is 0 Å². The first-order chi connectivity index (χ1) is 42.6. The lowest BCUT2D eigenvalue weighted by Gasteiger charge is -2.30. The summed E-state index contributed by atoms with van der Waals surface area (Å²) >= 11 is 0. The summed E-state index contributed by atoms with van der Waals surface area (Å²) < 4.78 is 4.54. The topological polar surface area (TPSA) is 85.1 Å². The number of aromatic nitrogens is 4. The fourth-order valence-electron chi connectivity index (χ4n) is 12.0. The van der Waals surface area contributed by atoms with Crippen molar-refractivity contribution in [3.05, 3.63) is 361 Å². The lowest BCUT2D eigenvalue weighted by molar-refractivity contribution is 0.408. The highest BCUT2D eigenvalue weighted by Crippen LogP contribution is 2.49. The van der Waals surface area contributed by atoms with Crippen LogP contribution in [0.1, 0.15) is 33.4 Å². The Balaban J connectivity index is 0.976. The van der Waals surface area contributed by atoms with Gasteiger partial charge in [0.15, 0.2) is 0 Å². The molecule has 2 aliphatic heterocycles. The summed E-state index contributed by atoms with van der Waals surface area (Å²) in [4.78, 5) is 35.3. The van der Waals surface area contributed by atoms with Gasteiger partial charge < -0.3 is 0 Å². The van der Waals surface area contributed by atoms with Crippen molar-refractivity contribution in [1.82, 2.24) is 19.1 Å². The minimum absolute atomic E-state index is 0.732. The molecule has 8 heteroatoms. The maximum Gasteiger partial charge on any atom is 0.261 e. The summed E-state index contributed by atoms with van der Waals surface area (Å²) in [5.41, 5.74) is 17.6. The van der Waals surface area contributed by atoms with E-state index in [2.05, 4.69) is 288 Å². The van der Waals surface area contributed by atoms with E-state index in [1.807, 2.05) is 48.5 Å². The van der Waals surface area contributed by atoms with Gasteiger partial charge in [-0.3, -0.25) is 9.13 Å². The van der Waals surface area contributed by atoms with E-state index >= 15 is 0 Å². The van der Waals surface area contributed by atoms with Crippen LogP contribution in [0.4, 0.5) is 0 Å². The predicted molar refractivity (Wildman–Crippen MR) is 350 cm³/mol. The molecule has 11 aromatic carbocycles. The molecule has 0 amide bonds. The molecule has 0 spiro atoms. The molecule has 0 fully saturated rings. The summed E-state index contributed by atoms with van der Waals surface area (Å²) in [6.07, 6.45) is 0. The maximum absolute atomic E-state index is 6.04. The highest BCUT2D eigenvalue weighted by molar-refractivity contribution is 6.56. The zero-order chi connectivity index (χ0) is 57.3. The molecule has 0 saturated carbocycles. The van der Waals surface area contributed by atoms with Crippen LogP contribution in [-0.4, -0.2) is 41.9 Å². The summed E-state index contributed by atoms with van der Waals surface area (Å²) in [5.74, 6) is -1.30. The number of rotatable bonds is 14. The van der Waals surface area contributed by atoms with E-state index in [0.717, 1.165) is 124 Å². The Morgan fingerprint density at radius 1 is 0.198 bits per heavy atom. The van der Waals surface area contributed by atoms with Gasteiger partial charge in [0, 0.05) is 66.8 Å². The molecule has 0 aliphatic carbocycles. The molecule has 2 unspecified atom stereocenters. The molecule has 0 saturated heterocycles. The Morgan fingerprint density at radius 2 is 0.407 bits per heavy atom. The predicted octanol–water partition coefficient (Wildman–Crippen LogP) is 17.4. The van der Waals surface area contributed by atoms with Gasteiger partial charge in [0.2, 0.25) is 0 Å². The van der Waals surface area contributed by atoms with Crippen molar-refractivity contribution in [2.24, 2.45) is 20.0 Å². The molecule has 2 aliphatic rings. The number of hydrogen-bond donors (Lipinski definition) is 0. The second kappa shape index (κ2) is 22.0. The van der Waals surface area contributed by atoms with E-state index in [-0.39, 0.29) is 0 Å². The number of benzene rings is 11. The minimum atomic E-state index is -1.38. The summed E-state index contributed by atoms with van der Waals surface area (Å²) in [6.45, 7) is 0.